The van der Waals surface area contributed by atoms with Crippen LogP contribution in [0.2, 0.25) is 0 Å². The highest BCUT2D eigenvalue weighted by molar-refractivity contribution is 5.85. The van der Waals surface area contributed by atoms with Gasteiger partial charge in [-0.25, -0.2) is 0 Å². The first kappa shape index (κ1) is 16.8. The predicted octanol–water partition coefficient (Wildman–Crippen LogP) is 1.78. The molecule has 0 saturated carbocycles. The van der Waals surface area contributed by atoms with Crippen LogP contribution >= 0.6 is 12.4 Å². The van der Waals surface area contributed by atoms with Crippen LogP contribution in [0.15, 0.2) is 24.3 Å². The van der Waals surface area contributed by atoms with Gasteiger partial charge in [0.15, 0.2) is 0 Å². The molecule has 1 aromatic carbocycles. The molecule has 1 saturated heterocycles. The molecule has 112 valence electrons. The summed E-state index contributed by atoms with van der Waals surface area (Å²) in [5.74, 6) is 1.60. The van der Waals surface area contributed by atoms with Gasteiger partial charge >= 0.3 is 0 Å². The normalized spacial score (nSPS) is 17.4. The number of carbonyl (C=O) groups excluding carboxylic acids is 1. The van der Waals surface area contributed by atoms with Gasteiger partial charge in [0.05, 0.1) is 13.5 Å². The van der Waals surface area contributed by atoms with E-state index in [9.17, 15) is 4.79 Å². The monoisotopic (exact) mass is 298 g/mol. The van der Waals surface area contributed by atoms with Crippen LogP contribution in [0.4, 0.5) is 0 Å². The second kappa shape index (κ2) is 8.82. The molecule has 0 radical (unpaired) electrons. The van der Waals surface area contributed by atoms with Crippen molar-refractivity contribution in [2.75, 3.05) is 26.7 Å². The fourth-order valence-corrected chi connectivity index (χ4v) is 2.41. The third-order valence-corrected chi connectivity index (χ3v) is 3.54. The van der Waals surface area contributed by atoms with Crippen molar-refractivity contribution >= 4 is 18.3 Å². The van der Waals surface area contributed by atoms with Crippen LogP contribution in [0.3, 0.4) is 0 Å². The van der Waals surface area contributed by atoms with Crippen molar-refractivity contribution in [2.45, 2.75) is 19.3 Å². The largest absolute Gasteiger partial charge is 0.497 e. The molecule has 2 N–H and O–H groups in total. The molecule has 20 heavy (non-hydrogen) atoms. The number of ether oxygens (including phenoxy) is 1. The molecule has 1 aromatic rings. The smallest absolute Gasteiger partial charge is 0.224 e. The van der Waals surface area contributed by atoms with Crippen LogP contribution < -0.4 is 15.4 Å². The number of hydrogen-bond acceptors (Lipinski definition) is 3. The first-order valence-corrected chi connectivity index (χ1v) is 6.88. The van der Waals surface area contributed by atoms with E-state index in [0.717, 1.165) is 43.3 Å². The topological polar surface area (TPSA) is 50.4 Å². The lowest BCUT2D eigenvalue weighted by atomic mass is 10.1. The van der Waals surface area contributed by atoms with Crippen LogP contribution in [-0.4, -0.2) is 32.7 Å². The molecule has 1 unspecified atom stereocenters. The lowest BCUT2D eigenvalue weighted by molar-refractivity contribution is -0.120. The molecule has 1 aliphatic rings. The molecular formula is C15H23ClN2O2. The van der Waals surface area contributed by atoms with Crippen molar-refractivity contribution in [3.63, 3.8) is 0 Å². The zero-order valence-corrected chi connectivity index (χ0v) is 12.7. The number of hydrogen-bond donors (Lipinski definition) is 2. The Kier molecular flexibility index (Phi) is 7.41. The Morgan fingerprint density at radius 2 is 2.35 bits per heavy atom. The van der Waals surface area contributed by atoms with E-state index in [1.165, 1.54) is 6.42 Å². The summed E-state index contributed by atoms with van der Waals surface area (Å²) in [6.45, 7) is 2.98. The van der Waals surface area contributed by atoms with Crippen molar-refractivity contribution in [2.24, 2.45) is 5.92 Å². The zero-order chi connectivity index (χ0) is 13.5. The van der Waals surface area contributed by atoms with E-state index >= 15 is 0 Å². The Morgan fingerprint density at radius 3 is 3.05 bits per heavy atom. The van der Waals surface area contributed by atoms with Gasteiger partial charge < -0.3 is 15.4 Å². The van der Waals surface area contributed by atoms with Crippen LogP contribution in [0.5, 0.6) is 5.75 Å². The molecule has 0 aliphatic carbocycles. The van der Waals surface area contributed by atoms with E-state index in [1.807, 2.05) is 24.3 Å². The van der Waals surface area contributed by atoms with Gasteiger partial charge in [0.25, 0.3) is 0 Å². The third-order valence-electron chi connectivity index (χ3n) is 3.54. The van der Waals surface area contributed by atoms with E-state index in [-0.39, 0.29) is 18.3 Å². The number of benzene rings is 1. The number of nitrogens with one attached hydrogen (secondary N) is 2. The van der Waals surface area contributed by atoms with E-state index in [2.05, 4.69) is 10.6 Å². The number of carbonyl (C=O) groups is 1. The minimum atomic E-state index is 0. The maximum atomic E-state index is 11.8. The molecule has 1 atom stereocenters. The van der Waals surface area contributed by atoms with Gasteiger partial charge in [0.1, 0.15) is 5.75 Å². The summed E-state index contributed by atoms with van der Waals surface area (Å²) in [4.78, 5) is 11.8. The van der Waals surface area contributed by atoms with Gasteiger partial charge in [0.2, 0.25) is 5.91 Å². The van der Waals surface area contributed by atoms with Crippen molar-refractivity contribution < 1.29 is 9.53 Å². The summed E-state index contributed by atoms with van der Waals surface area (Å²) in [5, 5.41) is 6.32. The maximum absolute atomic E-state index is 11.8. The van der Waals surface area contributed by atoms with Gasteiger partial charge in [-0.1, -0.05) is 12.1 Å². The van der Waals surface area contributed by atoms with Gasteiger partial charge in [0, 0.05) is 6.54 Å². The SMILES string of the molecule is COc1cccc(CC(=O)NCCC2CCNC2)c1.Cl. The molecular weight excluding hydrogens is 276 g/mol. The van der Waals surface area contributed by atoms with Gasteiger partial charge in [-0.15, -0.1) is 12.4 Å². The highest BCUT2D eigenvalue weighted by Gasteiger charge is 2.14. The highest BCUT2D eigenvalue weighted by atomic mass is 35.5. The Morgan fingerprint density at radius 1 is 1.50 bits per heavy atom. The van der Waals surface area contributed by atoms with Gasteiger partial charge in [-0.2, -0.15) is 0 Å². The second-order valence-corrected chi connectivity index (χ2v) is 5.03. The molecule has 0 spiro atoms. The minimum Gasteiger partial charge on any atom is -0.497 e. The summed E-state index contributed by atoms with van der Waals surface area (Å²) < 4.78 is 5.15. The second-order valence-electron chi connectivity index (χ2n) is 5.03. The van der Waals surface area contributed by atoms with Crippen LogP contribution in [-0.2, 0) is 11.2 Å². The fourth-order valence-electron chi connectivity index (χ4n) is 2.41. The van der Waals surface area contributed by atoms with Crippen LogP contribution in [0.1, 0.15) is 18.4 Å². The van der Waals surface area contributed by atoms with E-state index in [4.69, 9.17) is 4.74 Å². The van der Waals surface area contributed by atoms with E-state index in [0.29, 0.717) is 6.42 Å². The molecule has 4 nitrogen and oxygen atoms in total. The number of amides is 1. The quantitative estimate of drug-likeness (QED) is 0.842. The molecule has 0 aromatic heterocycles. The fraction of sp³-hybridized carbons (Fsp3) is 0.533. The van der Waals surface area contributed by atoms with Crippen LogP contribution in [0.25, 0.3) is 0 Å². The first-order chi connectivity index (χ1) is 9.28. The van der Waals surface area contributed by atoms with Crippen LogP contribution in [0, 0.1) is 5.92 Å². The summed E-state index contributed by atoms with van der Waals surface area (Å²) >= 11 is 0. The highest BCUT2D eigenvalue weighted by Crippen LogP contribution is 2.13. The number of methoxy groups -OCH3 is 1. The third kappa shape index (κ3) is 5.39. The molecule has 5 heteroatoms. The molecule has 0 bridgehead atoms. The summed E-state index contributed by atoms with van der Waals surface area (Å²) in [6.07, 6.45) is 2.71. The summed E-state index contributed by atoms with van der Waals surface area (Å²) in [6, 6.07) is 7.64. The molecule has 1 amide bonds. The standard InChI is InChI=1S/C15H22N2O2.ClH/c1-19-14-4-2-3-13(9-14)10-15(18)17-8-6-12-5-7-16-11-12;/h2-4,9,12,16H,5-8,10-11H2,1H3,(H,17,18);1H. The molecule has 1 heterocycles. The van der Waals surface area contributed by atoms with E-state index in [1.54, 1.807) is 7.11 Å². The molecule has 2 rings (SSSR count). The Balaban J connectivity index is 0.00000200. The van der Waals surface area contributed by atoms with Crippen molar-refractivity contribution in [3.8, 4) is 5.75 Å². The summed E-state index contributed by atoms with van der Waals surface area (Å²) in [7, 11) is 1.63. The van der Waals surface area contributed by atoms with Gasteiger partial charge in [-0.3, -0.25) is 4.79 Å². The average Bonchev–Trinajstić information content (AvgIpc) is 2.92. The molecule has 1 fully saturated rings. The lowest BCUT2D eigenvalue weighted by Crippen LogP contribution is -2.27. The van der Waals surface area contributed by atoms with Crippen molar-refractivity contribution in [1.29, 1.82) is 0 Å². The number of rotatable bonds is 6. The Hall–Kier alpha value is -1.26. The first-order valence-electron chi connectivity index (χ1n) is 6.88. The summed E-state index contributed by atoms with van der Waals surface area (Å²) in [5.41, 5.74) is 0.986. The average molecular weight is 299 g/mol. The van der Waals surface area contributed by atoms with Crippen molar-refractivity contribution in [3.05, 3.63) is 29.8 Å². The minimum absolute atomic E-state index is 0. The maximum Gasteiger partial charge on any atom is 0.224 e. The van der Waals surface area contributed by atoms with E-state index < -0.39 is 0 Å². The predicted molar refractivity (Wildman–Crippen MR) is 82.5 cm³/mol. The van der Waals surface area contributed by atoms with Gasteiger partial charge in [-0.05, 0) is 49.5 Å². The zero-order valence-electron chi connectivity index (χ0n) is 11.9. The van der Waals surface area contributed by atoms with Crippen molar-refractivity contribution in [1.82, 2.24) is 10.6 Å². The number of halogens is 1. The Bertz CT molecular complexity index is 420. The lowest BCUT2D eigenvalue weighted by Gasteiger charge is -2.09. The molecule has 1 aliphatic heterocycles. The Labute approximate surface area is 126 Å².